The quantitative estimate of drug-likeness (QED) is 0.0322. The average Bonchev–Trinajstić information content (AvgIpc) is 4.03. The maximum atomic E-state index is 4.66. The van der Waals surface area contributed by atoms with Gasteiger partial charge in [-0.15, -0.1) is 13.0 Å². The third-order valence-electron chi connectivity index (χ3n) is 8.14. The van der Waals surface area contributed by atoms with Crippen LogP contribution in [0.15, 0.2) is 110 Å². The summed E-state index contributed by atoms with van der Waals surface area (Å²) in [4.78, 5) is 4.82. The van der Waals surface area contributed by atoms with Crippen LogP contribution in [0.3, 0.4) is 0 Å². The summed E-state index contributed by atoms with van der Waals surface area (Å²) in [6, 6.07) is 0. The van der Waals surface area contributed by atoms with Gasteiger partial charge in [-0.1, -0.05) is 178 Å². The van der Waals surface area contributed by atoms with Gasteiger partial charge in [-0.3, -0.25) is 0 Å². The Hall–Kier alpha value is -2.05. The molecule has 0 aromatic carbocycles. The van der Waals surface area contributed by atoms with E-state index >= 15 is 0 Å². The van der Waals surface area contributed by atoms with Crippen LogP contribution in [0.4, 0.5) is 0 Å². The van der Waals surface area contributed by atoms with E-state index in [1.54, 1.807) is 29.4 Å². The molecule has 1 fully saturated rings. The molecule has 0 radical (unpaired) electrons. The predicted octanol–water partition coefficient (Wildman–Crippen LogP) is 19.0. The zero-order chi connectivity index (χ0) is 43.0. The third-order valence-corrected chi connectivity index (χ3v) is 11.4. The first-order valence-electron chi connectivity index (χ1n) is 21.5. The number of hydrogen-bond acceptors (Lipinski definition) is 0. The number of terminal acetylenes is 1. The molecule has 1 saturated carbocycles. The van der Waals surface area contributed by atoms with E-state index in [9.17, 15) is 0 Å². The summed E-state index contributed by atoms with van der Waals surface area (Å²) in [5, 5.41) is 0. The van der Waals surface area contributed by atoms with Crippen LogP contribution < -0.4 is 0 Å². The summed E-state index contributed by atoms with van der Waals surface area (Å²) < 4.78 is 1.53. The van der Waals surface area contributed by atoms with Gasteiger partial charge in [0.15, 0.2) is 0 Å². The van der Waals surface area contributed by atoms with E-state index in [0.717, 1.165) is 5.92 Å². The van der Waals surface area contributed by atoms with Gasteiger partial charge < -0.3 is 0 Å². The van der Waals surface area contributed by atoms with Crippen LogP contribution in [0, 0.1) is 24.2 Å². The zero-order valence-electron chi connectivity index (χ0n) is 39.1. The number of alkyl halides is 3. The monoisotopic (exact) mass is 861 g/mol. The van der Waals surface area contributed by atoms with Crippen LogP contribution >= 0.6 is 19.8 Å². The van der Waals surface area contributed by atoms with Gasteiger partial charge >= 0.3 is 47.5 Å². The Labute approximate surface area is 351 Å². The Balaban J connectivity index is -0.000000135. The van der Waals surface area contributed by atoms with Gasteiger partial charge in [0.2, 0.25) is 0 Å². The van der Waals surface area contributed by atoms with Crippen molar-refractivity contribution in [3.63, 3.8) is 0 Å². The number of halogens is 1. The van der Waals surface area contributed by atoms with Gasteiger partial charge in [-0.05, 0) is 115 Å². The molecule has 0 nitrogen and oxygen atoms in total. The number of hydrogen-bond donors (Lipinski definition) is 0. The van der Waals surface area contributed by atoms with E-state index in [4.69, 9.17) is 0 Å². The first kappa shape index (κ1) is 63.9. The van der Waals surface area contributed by atoms with Gasteiger partial charge in [0.05, 0.1) is 0 Å². The van der Waals surface area contributed by atoms with E-state index in [1.807, 2.05) is 20.8 Å². The molecule has 0 heterocycles. The van der Waals surface area contributed by atoms with E-state index in [1.165, 1.54) is 136 Å². The molecule has 0 N–H and O–H groups in total. The Morgan fingerprint density at radius 2 is 1.26 bits per heavy atom. The minimum absolute atomic E-state index is 0.307. The molecule has 0 amide bonds. The van der Waals surface area contributed by atoms with Crippen molar-refractivity contribution >= 4 is 19.8 Å². The fourth-order valence-electron chi connectivity index (χ4n) is 4.77. The normalized spacial score (nSPS) is 13.5. The van der Waals surface area contributed by atoms with Gasteiger partial charge in [-0.2, -0.15) is 0 Å². The van der Waals surface area contributed by atoms with Crippen molar-refractivity contribution in [3.05, 3.63) is 110 Å². The van der Waals surface area contributed by atoms with Crippen LogP contribution in [0.25, 0.3) is 0 Å². The summed E-state index contributed by atoms with van der Waals surface area (Å²) in [5.74, 6) is 3.81. The second kappa shape index (κ2) is 55.3. The van der Waals surface area contributed by atoms with E-state index in [2.05, 4.69) is 135 Å². The Kier molecular flexibility index (Phi) is 65.4. The van der Waals surface area contributed by atoms with Crippen molar-refractivity contribution < 1.29 is 0 Å². The molecule has 0 aromatic heterocycles. The van der Waals surface area contributed by atoms with E-state index in [0.29, 0.717) is 5.92 Å². The van der Waals surface area contributed by atoms with Crippen LogP contribution in [0.1, 0.15) is 185 Å². The maximum absolute atomic E-state index is 4.66. The van der Waals surface area contributed by atoms with E-state index < -0.39 is 0 Å². The van der Waals surface area contributed by atoms with Crippen LogP contribution in [-0.4, -0.2) is 14.3 Å². The molecule has 54 heavy (non-hydrogen) atoms. The Morgan fingerprint density at radius 3 is 1.57 bits per heavy atom. The number of allylic oxidation sites excluding steroid dienone is 12. The summed E-state index contributed by atoms with van der Waals surface area (Å²) >= 11 is -0.307. The Bertz CT molecular complexity index is 979. The zero-order valence-corrected chi connectivity index (χ0v) is 41.3. The first-order chi connectivity index (χ1) is 25.8. The molecular formula is C53H97I. The second-order valence-electron chi connectivity index (χ2n) is 14.0. The summed E-state index contributed by atoms with van der Waals surface area (Å²) in [6.07, 6.45) is 40.8. The van der Waals surface area contributed by atoms with Crippen molar-refractivity contribution in [3.8, 4) is 12.3 Å². The molecule has 0 spiro atoms. The first-order valence-corrected chi connectivity index (χ1v) is 27.3. The molecule has 0 aliphatic heterocycles. The van der Waals surface area contributed by atoms with Gasteiger partial charge in [0, 0.05) is 0 Å². The number of unbranched alkanes of at least 4 members (excludes halogenated alkanes) is 7. The van der Waals surface area contributed by atoms with Crippen molar-refractivity contribution in [1.29, 1.82) is 0 Å². The van der Waals surface area contributed by atoms with Crippen molar-refractivity contribution in [2.45, 2.75) is 185 Å². The molecule has 2 rings (SSSR count). The van der Waals surface area contributed by atoms with Gasteiger partial charge in [-0.25, -0.2) is 0 Å². The summed E-state index contributed by atoms with van der Waals surface area (Å²) in [7, 11) is 0. The van der Waals surface area contributed by atoms with Crippen LogP contribution in [-0.2, 0) is 0 Å². The molecular weight excluding hydrogens is 763 g/mol. The van der Waals surface area contributed by atoms with Crippen molar-refractivity contribution in [2.24, 2.45) is 11.8 Å². The molecule has 0 bridgehead atoms. The fourth-order valence-corrected chi connectivity index (χ4v) is 6.93. The topological polar surface area (TPSA) is 0 Å². The van der Waals surface area contributed by atoms with Crippen molar-refractivity contribution in [2.75, 3.05) is 14.3 Å². The summed E-state index contributed by atoms with van der Waals surface area (Å²) in [6.45, 7) is 45.0. The molecule has 2 aliphatic rings. The summed E-state index contributed by atoms with van der Waals surface area (Å²) in [5.41, 5.74) is 7.52. The molecule has 316 valence electrons. The predicted molar refractivity (Wildman–Crippen MR) is 271 cm³/mol. The molecule has 1 unspecified atom stereocenters. The minimum atomic E-state index is -0.307. The van der Waals surface area contributed by atoms with Crippen molar-refractivity contribution in [1.82, 2.24) is 0 Å². The average molecular weight is 861 g/mol. The fraction of sp³-hybridized carbons (Fsp3) is 0.623. The molecule has 0 saturated heterocycles. The Morgan fingerprint density at radius 1 is 0.796 bits per heavy atom. The van der Waals surface area contributed by atoms with Crippen LogP contribution in [0.2, 0.25) is 0 Å². The van der Waals surface area contributed by atoms with Gasteiger partial charge in [0.25, 0.3) is 0 Å². The molecule has 0 aromatic rings. The molecule has 1 atom stereocenters. The number of rotatable bonds is 18. The standard InChI is InChI=1S/C17H28.C12H24.C6H10.C5H13I.C4H6.C4H4.C3H6.C2H6/c1-5-7-8-9-10-16-12-11-14(3)13-17(16)15(4)6-2;1-4-6-8-9-11-12(3)10-7-5-2;1-5(2)6-3-4-6;1-4-5-6(2)3;2*1-3-4-2;1-3-2;1-2/h6,11-12,14H,5,7-10,13H2,1-4H3;3-11H2,1-2H3;6H,1,3-4H2,2H3;4-5H2,1-3H3;3-4H,1-2H2;1,4H,2H2;3H,1H2,2H3;1-2H3/b15-6+;;;;;;;. The van der Waals surface area contributed by atoms with E-state index in [-0.39, 0.29) is 19.8 Å². The molecule has 1 heteroatoms. The van der Waals surface area contributed by atoms with Crippen LogP contribution in [0.5, 0.6) is 0 Å². The SMILES string of the molecule is C#CC=C.C/C=C(\C)C1=C(CCCCCC)C=CC(C)C1.C=C(C)C1CC1.C=C(CCCC)CCCCCC.C=CC.C=CC=C.CC.CCCI(C)C. The second-order valence-corrected chi connectivity index (χ2v) is 20.3. The molecule has 2 aliphatic carbocycles. The third kappa shape index (κ3) is 59.2. The van der Waals surface area contributed by atoms with Gasteiger partial charge in [0.1, 0.15) is 0 Å².